The molecule has 6 heteroatoms. The SMILES string of the molecule is CC(=O)[C@@H]1[C@@H](c2ccc3c(c2)OCO3)C(C#N)(C#N)[C@H]2C=Cc3ccccc3N12. The molecule has 3 aliphatic heterocycles. The Bertz CT molecular complexity index is 1130. The molecule has 6 nitrogen and oxygen atoms in total. The number of rotatable bonds is 2. The van der Waals surface area contributed by atoms with Crippen LogP contribution in [0.3, 0.4) is 0 Å². The zero-order valence-corrected chi connectivity index (χ0v) is 15.7. The third-order valence-corrected chi connectivity index (χ3v) is 6.09. The van der Waals surface area contributed by atoms with Gasteiger partial charge >= 0.3 is 0 Å². The molecular weight excluding hydrogens is 366 g/mol. The molecule has 1 fully saturated rings. The molecule has 0 aromatic heterocycles. The summed E-state index contributed by atoms with van der Waals surface area (Å²) in [6, 6.07) is 16.5. The molecule has 2 aromatic rings. The number of hydrogen-bond donors (Lipinski definition) is 0. The van der Waals surface area contributed by atoms with Gasteiger partial charge in [-0.25, -0.2) is 0 Å². The van der Waals surface area contributed by atoms with Crippen LogP contribution in [0.4, 0.5) is 5.69 Å². The van der Waals surface area contributed by atoms with E-state index >= 15 is 0 Å². The van der Waals surface area contributed by atoms with E-state index in [-0.39, 0.29) is 12.6 Å². The number of ether oxygens (including phenoxy) is 2. The summed E-state index contributed by atoms with van der Waals surface area (Å²) < 4.78 is 10.9. The average Bonchev–Trinajstić information content (AvgIpc) is 3.33. The van der Waals surface area contributed by atoms with E-state index in [4.69, 9.17) is 9.47 Å². The molecule has 0 amide bonds. The van der Waals surface area contributed by atoms with E-state index < -0.39 is 23.4 Å². The van der Waals surface area contributed by atoms with Crippen molar-refractivity contribution in [2.45, 2.75) is 24.9 Å². The predicted molar refractivity (Wildman–Crippen MR) is 105 cm³/mol. The summed E-state index contributed by atoms with van der Waals surface area (Å²) in [5.74, 6) is 0.462. The molecule has 0 radical (unpaired) electrons. The van der Waals surface area contributed by atoms with Crippen LogP contribution < -0.4 is 14.4 Å². The first-order valence-corrected chi connectivity index (χ1v) is 9.39. The number of carbonyl (C=O) groups excluding carboxylic acids is 1. The number of benzene rings is 2. The summed E-state index contributed by atoms with van der Waals surface area (Å²) in [4.78, 5) is 14.9. The number of fused-ring (bicyclic) bond motifs is 4. The van der Waals surface area contributed by atoms with E-state index in [1.54, 1.807) is 12.1 Å². The van der Waals surface area contributed by atoms with Gasteiger partial charge in [-0.15, -0.1) is 0 Å². The highest BCUT2D eigenvalue weighted by molar-refractivity contribution is 5.91. The molecular formula is C23H17N3O3. The quantitative estimate of drug-likeness (QED) is 0.790. The summed E-state index contributed by atoms with van der Waals surface area (Å²) >= 11 is 0. The minimum atomic E-state index is -1.42. The molecule has 0 N–H and O–H groups in total. The normalized spacial score (nSPS) is 24.9. The molecule has 0 bridgehead atoms. The van der Waals surface area contributed by atoms with E-state index in [0.29, 0.717) is 11.5 Å². The predicted octanol–water partition coefficient (Wildman–Crippen LogP) is 3.41. The van der Waals surface area contributed by atoms with Gasteiger partial charge in [0.1, 0.15) is 0 Å². The Morgan fingerprint density at radius 3 is 2.66 bits per heavy atom. The summed E-state index contributed by atoms with van der Waals surface area (Å²) in [6.45, 7) is 1.65. The van der Waals surface area contributed by atoms with E-state index in [9.17, 15) is 15.3 Å². The van der Waals surface area contributed by atoms with E-state index in [0.717, 1.165) is 16.8 Å². The fourth-order valence-corrected chi connectivity index (χ4v) is 4.87. The second kappa shape index (κ2) is 6.12. The molecule has 142 valence electrons. The number of nitrogens with zero attached hydrogens (tertiary/aromatic N) is 3. The fraction of sp³-hybridized carbons (Fsp3) is 0.261. The average molecular weight is 383 g/mol. The Morgan fingerprint density at radius 2 is 1.90 bits per heavy atom. The lowest BCUT2D eigenvalue weighted by atomic mass is 9.69. The number of nitriles is 2. The second-order valence-electron chi connectivity index (χ2n) is 7.51. The Morgan fingerprint density at radius 1 is 1.14 bits per heavy atom. The first kappa shape index (κ1) is 17.3. The van der Waals surface area contributed by atoms with Gasteiger partial charge in [-0.3, -0.25) is 4.79 Å². The summed E-state index contributed by atoms with van der Waals surface area (Å²) in [7, 11) is 0. The zero-order valence-electron chi connectivity index (χ0n) is 15.7. The van der Waals surface area contributed by atoms with Gasteiger partial charge in [-0.2, -0.15) is 10.5 Å². The highest BCUT2D eigenvalue weighted by Gasteiger charge is 2.62. The van der Waals surface area contributed by atoms with Crippen molar-refractivity contribution in [1.82, 2.24) is 0 Å². The first-order valence-electron chi connectivity index (χ1n) is 9.39. The Labute approximate surface area is 168 Å². The van der Waals surface area contributed by atoms with E-state index in [2.05, 4.69) is 12.1 Å². The number of anilines is 1. The number of ketones is 1. The van der Waals surface area contributed by atoms with Gasteiger partial charge < -0.3 is 14.4 Å². The lowest BCUT2D eigenvalue weighted by molar-refractivity contribution is -0.118. The molecule has 2 aromatic carbocycles. The number of para-hydroxylation sites is 1. The fourth-order valence-electron chi connectivity index (χ4n) is 4.87. The highest BCUT2D eigenvalue weighted by Crippen LogP contribution is 2.55. The lowest BCUT2D eigenvalue weighted by Gasteiger charge is -2.35. The number of hydrogen-bond acceptors (Lipinski definition) is 6. The molecule has 3 atom stereocenters. The number of carbonyl (C=O) groups is 1. The molecule has 3 aliphatic rings. The van der Waals surface area contributed by atoms with Crippen LogP contribution in [-0.2, 0) is 4.79 Å². The standard InChI is InChI=1S/C23H17N3O3/c1-14(27)22-21(16-6-8-18-19(10-16)29-13-28-18)23(11-24,12-25)20-9-7-15-4-2-3-5-17(15)26(20)22/h2-10,20-22H,13H2,1H3/t20-,21-,22-/m1/s1. The van der Waals surface area contributed by atoms with Crippen LogP contribution in [0.15, 0.2) is 48.5 Å². The maximum atomic E-state index is 12.9. The van der Waals surface area contributed by atoms with Gasteiger partial charge in [-0.1, -0.05) is 36.4 Å². The molecule has 0 unspecified atom stereocenters. The van der Waals surface area contributed by atoms with Crippen molar-refractivity contribution in [3.05, 3.63) is 59.7 Å². The maximum absolute atomic E-state index is 12.9. The van der Waals surface area contributed by atoms with Crippen molar-refractivity contribution in [2.24, 2.45) is 5.41 Å². The highest BCUT2D eigenvalue weighted by atomic mass is 16.7. The van der Waals surface area contributed by atoms with Crippen molar-refractivity contribution in [3.8, 4) is 23.6 Å². The van der Waals surface area contributed by atoms with Crippen molar-refractivity contribution >= 4 is 17.5 Å². The van der Waals surface area contributed by atoms with Crippen LogP contribution in [-0.4, -0.2) is 24.7 Å². The van der Waals surface area contributed by atoms with Crippen LogP contribution in [0.5, 0.6) is 11.5 Å². The third kappa shape index (κ3) is 2.23. The molecule has 5 rings (SSSR count). The van der Waals surface area contributed by atoms with Crippen LogP contribution in [0, 0.1) is 28.1 Å². The van der Waals surface area contributed by atoms with Crippen molar-refractivity contribution in [3.63, 3.8) is 0 Å². The Kier molecular flexibility index (Phi) is 3.66. The van der Waals surface area contributed by atoms with Gasteiger partial charge in [-0.05, 0) is 36.2 Å². The summed E-state index contributed by atoms with van der Waals surface area (Å²) in [6.07, 6.45) is 3.80. The Hall–Kier alpha value is -3.77. The molecule has 0 spiro atoms. The van der Waals surface area contributed by atoms with Gasteiger partial charge in [0.2, 0.25) is 6.79 Å². The second-order valence-corrected chi connectivity index (χ2v) is 7.51. The maximum Gasteiger partial charge on any atom is 0.231 e. The van der Waals surface area contributed by atoms with Gasteiger partial charge in [0.05, 0.1) is 24.2 Å². The Balaban J connectivity index is 1.75. The minimum Gasteiger partial charge on any atom is -0.454 e. The van der Waals surface area contributed by atoms with Gasteiger partial charge in [0, 0.05) is 11.6 Å². The van der Waals surface area contributed by atoms with Crippen molar-refractivity contribution < 1.29 is 14.3 Å². The van der Waals surface area contributed by atoms with Crippen LogP contribution in [0.2, 0.25) is 0 Å². The minimum absolute atomic E-state index is 0.0878. The molecule has 29 heavy (non-hydrogen) atoms. The van der Waals surface area contributed by atoms with Gasteiger partial charge in [0.15, 0.2) is 22.7 Å². The zero-order chi connectivity index (χ0) is 20.2. The topological polar surface area (TPSA) is 86.3 Å². The van der Waals surface area contributed by atoms with Crippen molar-refractivity contribution in [2.75, 3.05) is 11.7 Å². The number of Topliss-reactive ketones (excluding diaryl/α,β-unsaturated/α-hetero) is 1. The largest absolute Gasteiger partial charge is 0.454 e. The lowest BCUT2D eigenvalue weighted by Crippen LogP contribution is -2.43. The van der Waals surface area contributed by atoms with E-state index in [1.165, 1.54) is 6.92 Å². The summed E-state index contributed by atoms with van der Waals surface area (Å²) in [5, 5.41) is 20.5. The molecule has 3 heterocycles. The molecule has 1 saturated heterocycles. The smallest absolute Gasteiger partial charge is 0.231 e. The monoisotopic (exact) mass is 383 g/mol. The van der Waals surface area contributed by atoms with Crippen LogP contribution in [0.25, 0.3) is 6.08 Å². The third-order valence-electron chi connectivity index (χ3n) is 6.09. The molecule has 0 saturated carbocycles. The summed E-state index contributed by atoms with van der Waals surface area (Å²) in [5.41, 5.74) is 1.12. The first-order chi connectivity index (χ1) is 14.1. The van der Waals surface area contributed by atoms with Gasteiger partial charge in [0.25, 0.3) is 0 Å². The van der Waals surface area contributed by atoms with Crippen LogP contribution >= 0.6 is 0 Å². The van der Waals surface area contributed by atoms with Crippen molar-refractivity contribution in [1.29, 1.82) is 10.5 Å². The molecule has 0 aliphatic carbocycles. The van der Waals surface area contributed by atoms with E-state index in [1.807, 2.05) is 47.4 Å². The van der Waals surface area contributed by atoms with Crippen LogP contribution in [0.1, 0.15) is 24.0 Å².